The molecular weight excluding hydrogens is 314 g/mol. The van der Waals surface area contributed by atoms with E-state index in [0.29, 0.717) is 22.5 Å². The molecule has 1 aliphatic rings. The number of nitrogen functional groups attached to an aromatic ring is 2. The van der Waals surface area contributed by atoms with Crippen LogP contribution in [0.4, 0.5) is 11.4 Å². The van der Waals surface area contributed by atoms with Crippen LogP contribution in [-0.4, -0.2) is 36.4 Å². The van der Waals surface area contributed by atoms with Gasteiger partial charge in [-0.25, -0.2) is 0 Å². The van der Waals surface area contributed by atoms with E-state index in [1.165, 1.54) is 12.8 Å². The molecule has 3 rings (SSSR count). The van der Waals surface area contributed by atoms with Crippen LogP contribution < -0.4 is 16.2 Å². The molecule has 132 valence electrons. The first-order chi connectivity index (χ1) is 12.0. The topological polar surface area (TPSA) is 81.6 Å². The molecule has 2 aromatic rings. The molecular formula is C20H25N3O2. The molecule has 5 nitrogen and oxygen atoms in total. The summed E-state index contributed by atoms with van der Waals surface area (Å²) in [6, 6.07) is 12.2. The Bertz CT molecular complexity index is 737. The number of carbonyl (C=O) groups excluding carboxylic acids is 1. The molecule has 1 heterocycles. The Balaban J connectivity index is 1.62. The maximum absolute atomic E-state index is 12.5. The smallest absolute Gasteiger partial charge is 0.193 e. The molecule has 0 aliphatic carbocycles. The molecule has 1 unspecified atom stereocenters. The lowest BCUT2D eigenvalue weighted by Crippen LogP contribution is -2.31. The van der Waals surface area contributed by atoms with Gasteiger partial charge in [0.1, 0.15) is 11.9 Å². The number of hydrogen-bond acceptors (Lipinski definition) is 5. The van der Waals surface area contributed by atoms with E-state index >= 15 is 0 Å². The molecule has 1 atom stereocenters. The molecule has 5 heteroatoms. The highest BCUT2D eigenvalue weighted by molar-refractivity contribution is 6.09. The predicted octanol–water partition coefficient (Wildman–Crippen LogP) is 2.95. The highest BCUT2D eigenvalue weighted by Gasteiger charge is 2.16. The summed E-state index contributed by atoms with van der Waals surface area (Å²) in [6.07, 6.45) is 2.68. The fourth-order valence-corrected chi connectivity index (χ4v) is 3.17. The van der Waals surface area contributed by atoms with Crippen molar-refractivity contribution in [3.05, 3.63) is 53.6 Å². The number of carbonyl (C=O) groups is 1. The lowest BCUT2D eigenvalue weighted by molar-refractivity contribution is 0.103. The minimum Gasteiger partial charge on any atom is -0.489 e. The summed E-state index contributed by atoms with van der Waals surface area (Å²) in [5.41, 5.74) is 13.5. The first-order valence-electron chi connectivity index (χ1n) is 8.71. The van der Waals surface area contributed by atoms with E-state index in [0.717, 1.165) is 25.4 Å². The molecule has 2 aromatic carbocycles. The molecule has 4 N–H and O–H groups in total. The number of hydrogen-bond donors (Lipinski definition) is 2. The largest absolute Gasteiger partial charge is 0.489 e. The van der Waals surface area contributed by atoms with Crippen molar-refractivity contribution < 1.29 is 9.53 Å². The van der Waals surface area contributed by atoms with Gasteiger partial charge < -0.3 is 16.2 Å². The molecule has 1 saturated heterocycles. The fourth-order valence-electron chi connectivity index (χ4n) is 3.17. The van der Waals surface area contributed by atoms with E-state index in [1.807, 2.05) is 12.1 Å². The quantitative estimate of drug-likeness (QED) is 0.625. The average molecular weight is 339 g/mol. The highest BCUT2D eigenvalue weighted by atomic mass is 16.5. The third-order valence-corrected chi connectivity index (χ3v) is 4.52. The van der Waals surface area contributed by atoms with Gasteiger partial charge in [-0.05, 0) is 75.3 Å². The fraction of sp³-hybridized carbons (Fsp3) is 0.350. The minimum absolute atomic E-state index is 0.0802. The first-order valence-corrected chi connectivity index (χ1v) is 8.71. The second-order valence-electron chi connectivity index (χ2n) is 6.63. The van der Waals surface area contributed by atoms with E-state index in [2.05, 4.69) is 11.8 Å². The van der Waals surface area contributed by atoms with Crippen molar-refractivity contribution in [2.24, 2.45) is 0 Å². The molecule has 25 heavy (non-hydrogen) atoms. The summed E-state index contributed by atoms with van der Waals surface area (Å²) in [6.45, 7) is 5.33. The Labute approximate surface area is 148 Å². The van der Waals surface area contributed by atoms with Crippen LogP contribution in [0.25, 0.3) is 0 Å². The van der Waals surface area contributed by atoms with Crippen molar-refractivity contribution in [3.63, 3.8) is 0 Å². The third kappa shape index (κ3) is 4.31. The third-order valence-electron chi connectivity index (χ3n) is 4.52. The summed E-state index contributed by atoms with van der Waals surface area (Å²) in [7, 11) is 0. The van der Waals surface area contributed by atoms with Crippen molar-refractivity contribution in [1.82, 2.24) is 4.90 Å². The zero-order valence-electron chi connectivity index (χ0n) is 14.6. The van der Waals surface area contributed by atoms with Crippen LogP contribution in [-0.2, 0) is 0 Å². The SMILES string of the molecule is CC(CN1CCCC1)Oc1ccc(C(=O)c2ccc(N)c(N)c2)cc1. The monoisotopic (exact) mass is 339 g/mol. The van der Waals surface area contributed by atoms with E-state index in [1.54, 1.807) is 30.3 Å². The van der Waals surface area contributed by atoms with Crippen LogP contribution in [0, 0.1) is 0 Å². The lowest BCUT2D eigenvalue weighted by atomic mass is 10.0. The van der Waals surface area contributed by atoms with Gasteiger partial charge >= 0.3 is 0 Å². The van der Waals surface area contributed by atoms with Crippen molar-refractivity contribution >= 4 is 17.2 Å². The van der Waals surface area contributed by atoms with Crippen LogP contribution >= 0.6 is 0 Å². The maximum Gasteiger partial charge on any atom is 0.193 e. The van der Waals surface area contributed by atoms with Crippen LogP contribution in [0.5, 0.6) is 5.75 Å². The number of nitrogens with zero attached hydrogens (tertiary/aromatic N) is 1. The summed E-state index contributed by atoms with van der Waals surface area (Å²) >= 11 is 0. The first kappa shape index (κ1) is 17.3. The molecule has 0 amide bonds. The summed E-state index contributed by atoms with van der Waals surface area (Å²) in [5.74, 6) is 0.698. The van der Waals surface area contributed by atoms with Crippen molar-refractivity contribution in [3.8, 4) is 5.75 Å². The van der Waals surface area contributed by atoms with Crippen LogP contribution in [0.1, 0.15) is 35.7 Å². The molecule has 0 saturated carbocycles. The Hall–Kier alpha value is -2.53. The maximum atomic E-state index is 12.5. The van der Waals surface area contributed by atoms with Crippen molar-refractivity contribution in [2.75, 3.05) is 31.1 Å². The van der Waals surface area contributed by atoms with Gasteiger partial charge in [-0.15, -0.1) is 0 Å². The summed E-state index contributed by atoms with van der Waals surface area (Å²) < 4.78 is 5.96. The van der Waals surface area contributed by atoms with Gasteiger partial charge in [-0.2, -0.15) is 0 Å². The van der Waals surface area contributed by atoms with E-state index in [4.69, 9.17) is 16.2 Å². The molecule has 0 spiro atoms. The van der Waals surface area contributed by atoms with Crippen molar-refractivity contribution in [2.45, 2.75) is 25.9 Å². The number of likely N-dealkylation sites (tertiary alicyclic amines) is 1. The van der Waals surface area contributed by atoms with E-state index < -0.39 is 0 Å². The number of anilines is 2. The highest BCUT2D eigenvalue weighted by Crippen LogP contribution is 2.21. The van der Waals surface area contributed by atoms with E-state index in [-0.39, 0.29) is 11.9 Å². The van der Waals surface area contributed by atoms with E-state index in [9.17, 15) is 4.79 Å². The second-order valence-corrected chi connectivity index (χ2v) is 6.63. The lowest BCUT2D eigenvalue weighted by Gasteiger charge is -2.21. The number of ketones is 1. The van der Waals surface area contributed by atoms with Crippen LogP contribution in [0.15, 0.2) is 42.5 Å². The van der Waals surface area contributed by atoms with Gasteiger partial charge in [0.2, 0.25) is 0 Å². The average Bonchev–Trinajstić information content (AvgIpc) is 3.10. The Morgan fingerprint density at radius 3 is 2.32 bits per heavy atom. The van der Waals surface area contributed by atoms with Gasteiger partial charge in [-0.3, -0.25) is 9.69 Å². The number of nitrogens with two attached hydrogens (primary N) is 2. The summed E-state index contributed by atoms with van der Waals surface area (Å²) in [5, 5.41) is 0. The molecule has 0 bridgehead atoms. The Kier molecular flexibility index (Phi) is 5.24. The zero-order valence-corrected chi connectivity index (χ0v) is 14.6. The van der Waals surface area contributed by atoms with Gasteiger partial charge in [0, 0.05) is 17.7 Å². The normalized spacial score (nSPS) is 15.9. The number of ether oxygens (including phenoxy) is 1. The van der Waals surface area contributed by atoms with Gasteiger partial charge in [-0.1, -0.05) is 0 Å². The standard InChI is InChI=1S/C20H25N3O2/c1-14(13-23-10-2-3-11-23)25-17-7-4-15(5-8-17)20(24)16-6-9-18(21)19(22)12-16/h4-9,12,14H,2-3,10-11,13,21-22H2,1H3. The van der Waals surface area contributed by atoms with Gasteiger partial charge in [0.25, 0.3) is 0 Å². The van der Waals surface area contributed by atoms with Gasteiger partial charge in [0.15, 0.2) is 5.78 Å². The molecule has 1 fully saturated rings. The Morgan fingerprint density at radius 1 is 1.04 bits per heavy atom. The number of benzene rings is 2. The molecule has 0 aromatic heterocycles. The Morgan fingerprint density at radius 2 is 1.68 bits per heavy atom. The number of rotatable bonds is 6. The van der Waals surface area contributed by atoms with Crippen LogP contribution in [0.2, 0.25) is 0 Å². The zero-order chi connectivity index (χ0) is 17.8. The second kappa shape index (κ2) is 7.57. The van der Waals surface area contributed by atoms with Crippen molar-refractivity contribution in [1.29, 1.82) is 0 Å². The molecule has 0 radical (unpaired) electrons. The van der Waals surface area contributed by atoms with Gasteiger partial charge in [0.05, 0.1) is 11.4 Å². The van der Waals surface area contributed by atoms with Crippen LogP contribution in [0.3, 0.4) is 0 Å². The summed E-state index contributed by atoms with van der Waals surface area (Å²) in [4.78, 5) is 15.0. The molecule has 1 aliphatic heterocycles. The minimum atomic E-state index is -0.0802. The predicted molar refractivity (Wildman–Crippen MR) is 101 cm³/mol.